The van der Waals surface area contributed by atoms with Gasteiger partial charge in [-0.25, -0.2) is 18.2 Å². The largest absolute Gasteiger partial charge is 0.477 e. The summed E-state index contributed by atoms with van der Waals surface area (Å²) in [4.78, 5) is 15.5. The van der Waals surface area contributed by atoms with Gasteiger partial charge in [0, 0.05) is 17.8 Å². The first-order chi connectivity index (χ1) is 18.2. The van der Waals surface area contributed by atoms with Crippen LogP contribution >= 0.6 is 36.4 Å². The first-order valence-electron chi connectivity index (χ1n) is 11.7. The van der Waals surface area contributed by atoms with Gasteiger partial charge in [0.2, 0.25) is 15.7 Å². The maximum atomic E-state index is 13.1. The van der Waals surface area contributed by atoms with E-state index < -0.39 is 21.9 Å². The quantitative estimate of drug-likeness (QED) is 0.180. The Hall–Kier alpha value is -3.18. The lowest BCUT2D eigenvalue weighted by Gasteiger charge is -2.13. The number of hydrogen-bond acceptors (Lipinski definition) is 7. The highest BCUT2D eigenvalue weighted by Gasteiger charge is 2.18. The predicted molar refractivity (Wildman–Crippen MR) is 157 cm³/mol. The van der Waals surface area contributed by atoms with Gasteiger partial charge in [-0.15, -0.1) is 24.8 Å². The normalized spacial score (nSPS) is 11.6. The Morgan fingerprint density at radius 1 is 0.950 bits per heavy atom. The van der Waals surface area contributed by atoms with Crippen molar-refractivity contribution >= 4 is 52.2 Å². The smallest absolute Gasteiger partial charge is 0.341 e. The van der Waals surface area contributed by atoms with E-state index in [1.165, 1.54) is 42.6 Å². The number of carbonyl (C=O) groups is 1. The molecule has 12 heteroatoms. The van der Waals surface area contributed by atoms with E-state index in [0.29, 0.717) is 24.5 Å². The fraction of sp³-hybridized carbons (Fsp3) is 0.143. The van der Waals surface area contributed by atoms with Gasteiger partial charge in [-0.05, 0) is 84.8 Å². The first-order valence-corrected chi connectivity index (χ1v) is 13.5. The third-order valence-electron chi connectivity index (χ3n) is 5.75. The highest BCUT2D eigenvalue weighted by molar-refractivity contribution is 7.91. The van der Waals surface area contributed by atoms with Gasteiger partial charge in [0.1, 0.15) is 11.3 Å². The van der Waals surface area contributed by atoms with Crippen LogP contribution in [0.15, 0.2) is 101 Å². The molecule has 0 unspecified atom stereocenters. The molecule has 0 amide bonds. The van der Waals surface area contributed by atoms with Crippen molar-refractivity contribution in [1.29, 1.82) is 0 Å². The molecule has 1 heterocycles. The maximum absolute atomic E-state index is 13.1. The molecule has 0 saturated heterocycles. The molecule has 3 N–H and O–H groups in total. The van der Waals surface area contributed by atoms with Crippen LogP contribution < -0.4 is 10.1 Å². The van der Waals surface area contributed by atoms with Crippen LogP contribution in [0, 0.1) is 0 Å². The van der Waals surface area contributed by atoms with Crippen molar-refractivity contribution in [2.75, 3.05) is 13.1 Å². The molecule has 1 atom stereocenters. The highest BCUT2D eigenvalue weighted by atomic mass is 35.5. The van der Waals surface area contributed by atoms with Crippen LogP contribution in [0.4, 0.5) is 0 Å². The molecule has 4 rings (SSSR count). The van der Waals surface area contributed by atoms with Gasteiger partial charge in [-0.1, -0.05) is 35.9 Å². The summed E-state index contributed by atoms with van der Waals surface area (Å²) in [6.45, 7) is 0.968. The van der Waals surface area contributed by atoms with E-state index in [-0.39, 0.29) is 51.8 Å². The van der Waals surface area contributed by atoms with E-state index in [9.17, 15) is 23.4 Å². The molecule has 0 aliphatic carbocycles. The summed E-state index contributed by atoms with van der Waals surface area (Å²) in [5, 5.41) is 23.3. The number of carboxylic acids is 1. The van der Waals surface area contributed by atoms with Crippen LogP contribution in [0.3, 0.4) is 0 Å². The summed E-state index contributed by atoms with van der Waals surface area (Å²) in [6.07, 6.45) is 1.38. The van der Waals surface area contributed by atoms with Crippen molar-refractivity contribution in [2.45, 2.75) is 22.3 Å². The lowest BCUT2D eigenvalue weighted by atomic mass is 10.1. The molecule has 212 valence electrons. The minimum Gasteiger partial charge on any atom is -0.477 e. The number of ether oxygens (including phenoxy) is 1. The molecule has 8 nitrogen and oxygen atoms in total. The van der Waals surface area contributed by atoms with E-state index >= 15 is 0 Å². The molecular formula is C28H27Cl3N2O6S. The van der Waals surface area contributed by atoms with E-state index in [2.05, 4.69) is 10.3 Å². The average Bonchev–Trinajstić information content (AvgIpc) is 2.92. The fourth-order valence-corrected chi connectivity index (χ4v) is 5.17. The molecule has 0 aliphatic rings. The zero-order valence-corrected chi connectivity index (χ0v) is 24.1. The average molecular weight is 626 g/mol. The number of aliphatic hydroxyl groups is 1. The Bertz CT molecular complexity index is 1520. The molecule has 0 radical (unpaired) electrons. The van der Waals surface area contributed by atoms with E-state index in [1.807, 2.05) is 6.07 Å². The minimum atomic E-state index is -3.76. The van der Waals surface area contributed by atoms with Crippen LogP contribution in [0.25, 0.3) is 0 Å². The molecule has 0 saturated carbocycles. The number of sulfone groups is 1. The van der Waals surface area contributed by atoms with Gasteiger partial charge in [0.25, 0.3) is 0 Å². The number of nitrogens with one attached hydrogen (secondary N) is 1. The van der Waals surface area contributed by atoms with Crippen molar-refractivity contribution in [1.82, 2.24) is 10.3 Å². The summed E-state index contributed by atoms with van der Waals surface area (Å²) in [6, 6.07) is 22.3. The SMILES string of the molecule is Cl.Cl.O=C(O)c1cccnc1Oc1ccc(S(=O)(=O)c2ccc(CCNC[C@@H](O)c3cccc(Cl)c3)cc2)cc1. The van der Waals surface area contributed by atoms with Crippen molar-refractivity contribution in [2.24, 2.45) is 0 Å². The molecule has 3 aromatic carbocycles. The summed E-state index contributed by atoms with van der Waals surface area (Å²) in [7, 11) is -3.76. The highest BCUT2D eigenvalue weighted by Crippen LogP contribution is 2.27. The van der Waals surface area contributed by atoms with Crippen LogP contribution in [-0.4, -0.2) is 42.7 Å². The van der Waals surface area contributed by atoms with Gasteiger partial charge < -0.3 is 20.3 Å². The molecule has 0 fully saturated rings. The zero-order valence-electron chi connectivity index (χ0n) is 20.9. The number of benzene rings is 3. The van der Waals surface area contributed by atoms with Gasteiger partial charge in [-0.2, -0.15) is 0 Å². The second-order valence-corrected chi connectivity index (χ2v) is 10.8. The van der Waals surface area contributed by atoms with Crippen LogP contribution in [-0.2, 0) is 16.3 Å². The van der Waals surface area contributed by atoms with Gasteiger partial charge in [-0.3, -0.25) is 0 Å². The summed E-state index contributed by atoms with van der Waals surface area (Å²) < 4.78 is 31.7. The Kier molecular flexibility index (Phi) is 12.4. The van der Waals surface area contributed by atoms with Crippen LogP contribution in [0.5, 0.6) is 11.6 Å². The van der Waals surface area contributed by atoms with Gasteiger partial charge >= 0.3 is 5.97 Å². The number of carboxylic acid groups (broad SMARTS) is 1. The molecule has 4 aromatic rings. The Morgan fingerprint density at radius 3 is 2.23 bits per heavy atom. The standard InChI is InChI=1S/C28H25ClN2O6S.2ClH/c29-21-4-1-3-20(17-21)26(32)18-30-16-14-19-6-10-23(11-7-19)38(35,36)24-12-8-22(9-13-24)37-27-25(28(33)34)5-2-15-31-27;;/h1-13,15,17,26,30,32H,14,16,18H2,(H,33,34);2*1H/t26-;;/m1../s1. The van der Waals surface area contributed by atoms with E-state index in [0.717, 1.165) is 11.1 Å². The number of nitrogens with zero attached hydrogens (tertiary/aromatic N) is 1. The Morgan fingerprint density at radius 2 is 1.60 bits per heavy atom. The Balaban J connectivity index is 0.00000280. The second-order valence-electron chi connectivity index (χ2n) is 8.41. The number of aliphatic hydroxyl groups excluding tert-OH is 1. The number of rotatable bonds is 11. The minimum absolute atomic E-state index is 0. The molecule has 0 spiro atoms. The fourth-order valence-electron chi connectivity index (χ4n) is 3.71. The van der Waals surface area contributed by atoms with Crippen molar-refractivity contribution in [3.63, 3.8) is 0 Å². The van der Waals surface area contributed by atoms with Crippen molar-refractivity contribution in [3.8, 4) is 11.6 Å². The first kappa shape index (κ1) is 33.0. The topological polar surface area (TPSA) is 126 Å². The Labute approximate surface area is 249 Å². The summed E-state index contributed by atoms with van der Waals surface area (Å²) in [5.41, 5.74) is 1.58. The number of aromatic carboxylic acids is 1. The monoisotopic (exact) mass is 624 g/mol. The molecule has 40 heavy (non-hydrogen) atoms. The zero-order chi connectivity index (χ0) is 27.1. The molecule has 0 bridgehead atoms. The molecular weight excluding hydrogens is 599 g/mol. The van der Waals surface area contributed by atoms with Crippen molar-refractivity contribution < 1.29 is 28.2 Å². The number of aromatic nitrogens is 1. The third kappa shape index (κ3) is 8.41. The van der Waals surface area contributed by atoms with Gasteiger partial charge in [0.15, 0.2) is 0 Å². The lowest BCUT2D eigenvalue weighted by molar-refractivity contribution is 0.0693. The van der Waals surface area contributed by atoms with Gasteiger partial charge in [0.05, 0.1) is 15.9 Å². The third-order valence-corrected chi connectivity index (χ3v) is 7.77. The molecule has 1 aromatic heterocycles. The maximum Gasteiger partial charge on any atom is 0.341 e. The lowest BCUT2D eigenvalue weighted by Crippen LogP contribution is -2.23. The number of hydrogen-bond donors (Lipinski definition) is 3. The number of halogens is 3. The van der Waals surface area contributed by atoms with E-state index in [1.54, 1.807) is 42.5 Å². The summed E-state index contributed by atoms with van der Waals surface area (Å²) >= 11 is 5.97. The van der Waals surface area contributed by atoms with Crippen molar-refractivity contribution in [3.05, 3.63) is 113 Å². The van der Waals surface area contributed by atoms with Crippen LogP contribution in [0.1, 0.15) is 27.6 Å². The summed E-state index contributed by atoms with van der Waals surface area (Å²) in [5.74, 6) is -1.00. The predicted octanol–water partition coefficient (Wildman–Crippen LogP) is 5.77. The molecule has 0 aliphatic heterocycles. The number of pyridine rings is 1. The second kappa shape index (κ2) is 15.0. The van der Waals surface area contributed by atoms with Crippen LogP contribution in [0.2, 0.25) is 5.02 Å². The van der Waals surface area contributed by atoms with E-state index in [4.69, 9.17) is 16.3 Å².